The van der Waals surface area contributed by atoms with Crippen LogP contribution in [0.5, 0.6) is 0 Å². The van der Waals surface area contributed by atoms with Crippen molar-refractivity contribution in [3.63, 3.8) is 0 Å². The molecule has 0 aliphatic heterocycles. The van der Waals surface area contributed by atoms with E-state index in [9.17, 15) is 0 Å². The second-order valence-corrected chi connectivity index (χ2v) is 4.33. The third-order valence-corrected chi connectivity index (χ3v) is 2.55. The summed E-state index contributed by atoms with van der Waals surface area (Å²) in [6.45, 7) is 4.90. The predicted molar refractivity (Wildman–Crippen MR) is 68.0 cm³/mol. The Hall–Kier alpha value is -2.19. The van der Waals surface area contributed by atoms with Crippen LogP contribution in [-0.2, 0) is 6.54 Å². The van der Waals surface area contributed by atoms with Gasteiger partial charge in [0.1, 0.15) is 0 Å². The molecule has 0 bridgehead atoms. The van der Waals surface area contributed by atoms with Crippen LogP contribution < -0.4 is 5.32 Å². The van der Waals surface area contributed by atoms with Gasteiger partial charge in [0.15, 0.2) is 0 Å². The Bertz CT molecular complexity index is 548. The molecule has 1 aromatic carbocycles. The molecule has 0 aliphatic rings. The van der Waals surface area contributed by atoms with Gasteiger partial charge in [-0.15, -0.1) is 5.10 Å². The van der Waals surface area contributed by atoms with Gasteiger partial charge < -0.3 is 5.32 Å². The summed E-state index contributed by atoms with van der Waals surface area (Å²) >= 11 is 0. The van der Waals surface area contributed by atoms with E-state index in [1.54, 1.807) is 23.0 Å². The Morgan fingerprint density at radius 1 is 1.33 bits per heavy atom. The Kier molecular flexibility index (Phi) is 3.70. The minimum absolute atomic E-state index is 0.411. The lowest BCUT2D eigenvalue weighted by Gasteiger charge is -2.09. The van der Waals surface area contributed by atoms with Crippen LogP contribution in [0.1, 0.15) is 25.1 Å². The van der Waals surface area contributed by atoms with E-state index < -0.39 is 0 Å². The van der Waals surface area contributed by atoms with Crippen molar-refractivity contribution in [3.05, 3.63) is 41.7 Å². The van der Waals surface area contributed by atoms with E-state index in [1.807, 2.05) is 12.1 Å². The molecule has 0 fully saturated rings. The first-order valence-electron chi connectivity index (χ1n) is 5.84. The molecule has 1 aromatic heterocycles. The van der Waals surface area contributed by atoms with Gasteiger partial charge in [0, 0.05) is 12.6 Å². The second-order valence-electron chi connectivity index (χ2n) is 4.33. The summed E-state index contributed by atoms with van der Waals surface area (Å²) in [7, 11) is 0. The molecule has 0 aliphatic carbocycles. The van der Waals surface area contributed by atoms with Gasteiger partial charge >= 0.3 is 0 Å². The number of aromatic nitrogens is 3. The summed E-state index contributed by atoms with van der Waals surface area (Å²) in [5, 5.41) is 20.1. The van der Waals surface area contributed by atoms with Gasteiger partial charge in [0.05, 0.1) is 29.2 Å². The maximum absolute atomic E-state index is 8.76. The normalized spacial score (nSPS) is 10.6. The van der Waals surface area contributed by atoms with Crippen LogP contribution in [0.4, 0.5) is 0 Å². The summed E-state index contributed by atoms with van der Waals surface area (Å²) in [6, 6.07) is 9.79. The van der Waals surface area contributed by atoms with E-state index in [-0.39, 0.29) is 0 Å². The zero-order valence-corrected chi connectivity index (χ0v) is 10.5. The predicted octanol–water partition coefficient (Wildman–Crippen LogP) is 1.64. The number of benzene rings is 1. The van der Waals surface area contributed by atoms with Crippen molar-refractivity contribution < 1.29 is 0 Å². The van der Waals surface area contributed by atoms with Crippen molar-refractivity contribution in [2.45, 2.75) is 26.4 Å². The highest BCUT2D eigenvalue weighted by atomic mass is 15.4. The first-order chi connectivity index (χ1) is 8.70. The van der Waals surface area contributed by atoms with Crippen molar-refractivity contribution in [1.82, 2.24) is 20.3 Å². The highest BCUT2D eigenvalue weighted by molar-refractivity contribution is 5.39. The van der Waals surface area contributed by atoms with Crippen molar-refractivity contribution in [1.29, 1.82) is 5.26 Å². The van der Waals surface area contributed by atoms with Gasteiger partial charge in [-0.3, -0.25) is 0 Å². The van der Waals surface area contributed by atoms with Crippen molar-refractivity contribution in [2.75, 3.05) is 0 Å². The first-order valence-corrected chi connectivity index (χ1v) is 5.84. The molecule has 0 amide bonds. The maximum atomic E-state index is 8.76. The van der Waals surface area contributed by atoms with E-state index in [4.69, 9.17) is 5.26 Å². The smallest absolute Gasteiger partial charge is 0.0991 e. The lowest BCUT2D eigenvalue weighted by Crippen LogP contribution is -2.23. The average Bonchev–Trinajstić information content (AvgIpc) is 2.85. The molecule has 0 saturated carbocycles. The molecule has 5 heteroatoms. The lowest BCUT2D eigenvalue weighted by atomic mass is 10.2. The molecular formula is C13H15N5. The van der Waals surface area contributed by atoms with E-state index in [2.05, 4.69) is 35.5 Å². The van der Waals surface area contributed by atoms with Crippen LogP contribution in [-0.4, -0.2) is 21.0 Å². The summed E-state index contributed by atoms with van der Waals surface area (Å²) < 4.78 is 1.77. The molecule has 5 nitrogen and oxygen atoms in total. The minimum Gasteiger partial charge on any atom is -0.309 e. The molecule has 0 spiro atoms. The first kappa shape index (κ1) is 12.3. The Labute approximate surface area is 106 Å². The largest absolute Gasteiger partial charge is 0.309 e. The standard InChI is InChI=1S/C13H15N5/c1-10(2)15-8-13-9-16-17-18(13)12-5-3-11(7-14)4-6-12/h3-6,9-10,15H,8H2,1-2H3. The van der Waals surface area contributed by atoms with Crippen molar-refractivity contribution in [3.8, 4) is 11.8 Å². The van der Waals surface area contributed by atoms with Gasteiger partial charge in [-0.1, -0.05) is 19.1 Å². The van der Waals surface area contributed by atoms with Gasteiger partial charge in [0.25, 0.3) is 0 Å². The van der Waals surface area contributed by atoms with E-state index in [1.165, 1.54) is 0 Å². The van der Waals surface area contributed by atoms with E-state index >= 15 is 0 Å². The Morgan fingerprint density at radius 2 is 2.06 bits per heavy atom. The zero-order valence-electron chi connectivity index (χ0n) is 10.5. The minimum atomic E-state index is 0.411. The van der Waals surface area contributed by atoms with E-state index in [0.717, 1.165) is 11.4 Å². The van der Waals surface area contributed by atoms with Crippen LogP contribution >= 0.6 is 0 Å². The Balaban J connectivity index is 2.22. The van der Waals surface area contributed by atoms with Crippen LogP contribution in [0, 0.1) is 11.3 Å². The molecule has 0 radical (unpaired) electrons. The van der Waals surface area contributed by atoms with Crippen molar-refractivity contribution in [2.24, 2.45) is 0 Å². The highest BCUT2D eigenvalue weighted by Gasteiger charge is 2.06. The van der Waals surface area contributed by atoms with Gasteiger partial charge in [-0.05, 0) is 24.3 Å². The number of nitrogens with zero attached hydrogens (tertiary/aromatic N) is 4. The summed E-state index contributed by atoms with van der Waals surface area (Å²) in [5.41, 5.74) is 2.54. The van der Waals surface area contributed by atoms with Crippen LogP contribution in [0.25, 0.3) is 5.69 Å². The van der Waals surface area contributed by atoms with Crippen LogP contribution in [0.3, 0.4) is 0 Å². The fraction of sp³-hybridized carbons (Fsp3) is 0.308. The quantitative estimate of drug-likeness (QED) is 0.883. The van der Waals surface area contributed by atoms with Crippen molar-refractivity contribution >= 4 is 0 Å². The maximum Gasteiger partial charge on any atom is 0.0991 e. The van der Waals surface area contributed by atoms with Gasteiger partial charge in [-0.2, -0.15) is 5.26 Å². The zero-order chi connectivity index (χ0) is 13.0. The summed E-state index contributed by atoms with van der Waals surface area (Å²) in [5.74, 6) is 0. The summed E-state index contributed by atoms with van der Waals surface area (Å²) in [6.07, 6.45) is 1.74. The third kappa shape index (κ3) is 2.73. The van der Waals surface area contributed by atoms with Crippen LogP contribution in [0.15, 0.2) is 30.5 Å². The fourth-order valence-electron chi connectivity index (χ4n) is 1.58. The number of nitriles is 1. The average molecular weight is 241 g/mol. The van der Waals surface area contributed by atoms with Gasteiger partial charge in [0.2, 0.25) is 0 Å². The lowest BCUT2D eigenvalue weighted by molar-refractivity contribution is 0.570. The molecule has 2 aromatic rings. The molecule has 0 unspecified atom stereocenters. The number of hydrogen-bond donors (Lipinski definition) is 1. The molecule has 0 atom stereocenters. The molecular weight excluding hydrogens is 226 g/mol. The van der Waals surface area contributed by atoms with Crippen LogP contribution in [0.2, 0.25) is 0 Å². The fourth-order valence-corrected chi connectivity index (χ4v) is 1.58. The number of nitrogens with one attached hydrogen (secondary N) is 1. The summed E-state index contributed by atoms with van der Waals surface area (Å²) in [4.78, 5) is 0. The number of rotatable bonds is 4. The third-order valence-electron chi connectivity index (χ3n) is 2.55. The second kappa shape index (κ2) is 5.43. The Morgan fingerprint density at radius 3 is 2.67 bits per heavy atom. The molecule has 92 valence electrons. The van der Waals surface area contributed by atoms with Gasteiger partial charge in [-0.25, -0.2) is 4.68 Å². The molecule has 0 saturated heterocycles. The molecule has 2 rings (SSSR count). The molecule has 1 N–H and O–H groups in total. The SMILES string of the molecule is CC(C)NCc1cnnn1-c1ccc(C#N)cc1. The highest BCUT2D eigenvalue weighted by Crippen LogP contribution is 2.10. The van der Waals surface area contributed by atoms with E-state index in [0.29, 0.717) is 18.2 Å². The molecule has 18 heavy (non-hydrogen) atoms. The number of hydrogen-bond acceptors (Lipinski definition) is 4. The topological polar surface area (TPSA) is 66.5 Å². The molecule has 1 heterocycles. The monoisotopic (exact) mass is 241 g/mol.